The summed E-state index contributed by atoms with van der Waals surface area (Å²) in [5, 5.41) is 4.94. The molecule has 0 radical (unpaired) electrons. The van der Waals surface area contributed by atoms with Crippen LogP contribution in [0.3, 0.4) is 0 Å². The van der Waals surface area contributed by atoms with Gasteiger partial charge in [-0.05, 0) is 59.7 Å². The molecular weight excluding hydrogens is 358 g/mol. The summed E-state index contributed by atoms with van der Waals surface area (Å²) >= 11 is 0. The van der Waals surface area contributed by atoms with E-state index in [2.05, 4.69) is 5.10 Å². The van der Waals surface area contributed by atoms with Gasteiger partial charge in [0.25, 0.3) is 0 Å². The van der Waals surface area contributed by atoms with Gasteiger partial charge >= 0.3 is 6.18 Å². The fourth-order valence-electron chi connectivity index (χ4n) is 3.04. The Hall–Kier alpha value is -3.35. The lowest BCUT2D eigenvalue weighted by Gasteiger charge is -2.14. The third-order valence-electron chi connectivity index (χ3n) is 4.30. The highest BCUT2D eigenvalue weighted by atomic mass is 19.4. The highest BCUT2D eigenvalue weighted by molar-refractivity contribution is 5.86. The first-order valence-electron chi connectivity index (χ1n) is 8.04. The average Bonchev–Trinajstić information content (AvgIpc) is 3.05. The van der Waals surface area contributed by atoms with Crippen molar-refractivity contribution in [1.82, 2.24) is 9.78 Å². The van der Waals surface area contributed by atoms with Crippen LogP contribution in [-0.2, 0) is 6.18 Å². The molecule has 136 valence electrons. The molecule has 0 fully saturated rings. The van der Waals surface area contributed by atoms with Crippen LogP contribution in [0.15, 0.2) is 66.9 Å². The van der Waals surface area contributed by atoms with Crippen LogP contribution in [0.25, 0.3) is 27.7 Å². The molecule has 0 saturated heterocycles. The highest BCUT2D eigenvalue weighted by Gasteiger charge is 2.33. The second-order valence-corrected chi connectivity index (χ2v) is 6.11. The van der Waals surface area contributed by atoms with E-state index < -0.39 is 11.7 Å². The number of fused-ring (bicyclic) bond motifs is 1. The topological polar surface area (TPSA) is 43.8 Å². The average molecular weight is 371 g/mol. The Kier molecular flexibility index (Phi) is 3.87. The van der Waals surface area contributed by atoms with E-state index in [0.717, 1.165) is 6.07 Å². The first kappa shape index (κ1) is 17.1. The van der Waals surface area contributed by atoms with Gasteiger partial charge in [-0.3, -0.25) is 0 Å². The lowest BCUT2D eigenvalue weighted by Crippen LogP contribution is -2.08. The van der Waals surface area contributed by atoms with E-state index in [9.17, 15) is 17.6 Å². The molecule has 3 aromatic carbocycles. The number of hydrogen-bond donors (Lipinski definition) is 1. The zero-order valence-electron chi connectivity index (χ0n) is 13.8. The molecule has 0 bridgehead atoms. The number of benzene rings is 3. The number of aromatic nitrogens is 2. The fourth-order valence-corrected chi connectivity index (χ4v) is 3.04. The van der Waals surface area contributed by atoms with Gasteiger partial charge in [-0.25, -0.2) is 9.07 Å². The van der Waals surface area contributed by atoms with Crippen molar-refractivity contribution < 1.29 is 17.6 Å². The van der Waals surface area contributed by atoms with Crippen molar-refractivity contribution in [1.29, 1.82) is 0 Å². The summed E-state index contributed by atoms with van der Waals surface area (Å²) in [5.41, 5.74) is 6.62. The Morgan fingerprint density at radius 3 is 2.33 bits per heavy atom. The van der Waals surface area contributed by atoms with Gasteiger partial charge < -0.3 is 5.73 Å². The molecule has 4 aromatic rings. The summed E-state index contributed by atoms with van der Waals surface area (Å²) in [6, 6.07) is 14.5. The van der Waals surface area contributed by atoms with Gasteiger partial charge in [-0.2, -0.15) is 18.3 Å². The quantitative estimate of drug-likeness (QED) is 0.377. The van der Waals surface area contributed by atoms with Crippen molar-refractivity contribution in [2.24, 2.45) is 0 Å². The Morgan fingerprint density at radius 2 is 1.63 bits per heavy atom. The number of nitrogens with two attached hydrogens (primary N) is 1. The Morgan fingerprint density at radius 1 is 0.889 bits per heavy atom. The van der Waals surface area contributed by atoms with E-state index in [1.165, 1.54) is 24.3 Å². The molecule has 0 unspecified atom stereocenters. The number of halogens is 4. The zero-order valence-corrected chi connectivity index (χ0v) is 13.8. The maximum Gasteiger partial charge on any atom is 0.417 e. The van der Waals surface area contributed by atoms with Crippen molar-refractivity contribution in [2.75, 3.05) is 5.73 Å². The molecule has 27 heavy (non-hydrogen) atoms. The van der Waals surface area contributed by atoms with Gasteiger partial charge in [0.05, 0.1) is 23.0 Å². The fraction of sp³-hybridized carbons (Fsp3) is 0.0500. The third-order valence-corrected chi connectivity index (χ3v) is 4.30. The van der Waals surface area contributed by atoms with E-state index in [4.69, 9.17) is 5.73 Å². The van der Waals surface area contributed by atoms with E-state index in [0.29, 0.717) is 22.2 Å². The Balaban J connectivity index is 1.84. The molecule has 0 saturated carbocycles. The van der Waals surface area contributed by atoms with Crippen molar-refractivity contribution >= 4 is 16.6 Å². The monoisotopic (exact) mass is 371 g/mol. The molecular formula is C20H13F4N3. The van der Waals surface area contributed by atoms with Gasteiger partial charge in [0, 0.05) is 11.1 Å². The maximum atomic E-state index is 13.4. The number of nitrogens with zero attached hydrogens (tertiary/aromatic N) is 2. The van der Waals surface area contributed by atoms with E-state index >= 15 is 0 Å². The van der Waals surface area contributed by atoms with Crippen molar-refractivity contribution in [3.8, 4) is 16.8 Å². The summed E-state index contributed by atoms with van der Waals surface area (Å²) in [6.07, 6.45) is -2.95. The van der Waals surface area contributed by atoms with Crippen LogP contribution in [0.2, 0.25) is 0 Å². The van der Waals surface area contributed by atoms with Crippen LogP contribution in [0.1, 0.15) is 5.56 Å². The molecule has 7 heteroatoms. The molecule has 0 spiro atoms. The minimum atomic E-state index is -4.52. The summed E-state index contributed by atoms with van der Waals surface area (Å²) < 4.78 is 54.9. The molecule has 1 aromatic heterocycles. The van der Waals surface area contributed by atoms with Crippen molar-refractivity contribution in [3.63, 3.8) is 0 Å². The lowest BCUT2D eigenvalue weighted by atomic mass is 9.97. The van der Waals surface area contributed by atoms with E-state index in [1.54, 1.807) is 41.2 Å². The number of nitrogen functional groups attached to an aromatic ring is 1. The van der Waals surface area contributed by atoms with Gasteiger partial charge in [0.1, 0.15) is 5.82 Å². The van der Waals surface area contributed by atoms with Gasteiger partial charge in [0.2, 0.25) is 0 Å². The maximum absolute atomic E-state index is 13.4. The summed E-state index contributed by atoms with van der Waals surface area (Å²) in [4.78, 5) is 0. The molecule has 0 aliphatic rings. The largest absolute Gasteiger partial charge is 0.417 e. The molecule has 1 heterocycles. The number of alkyl halides is 3. The molecule has 2 N–H and O–H groups in total. The minimum absolute atomic E-state index is 0.0492. The van der Waals surface area contributed by atoms with Crippen LogP contribution < -0.4 is 5.73 Å². The summed E-state index contributed by atoms with van der Waals surface area (Å²) in [6.45, 7) is 0. The Bertz CT molecular complexity index is 1130. The zero-order chi connectivity index (χ0) is 19.2. The number of hydrogen-bond acceptors (Lipinski definition) is 2. The van der Waals surface area contributed by atoms with Crippen LogP contribution in [-0.4, -0.2) is 9.78 Å². The normalized spacial score (nSPS) is 11.9. The standard InChI is InChI=1S/C20H13F4N3/c21-14-2-5-16(6-3-14)27-19-8-1-12(9-13(19)11-26-27)17-7-4-15(25)10-18(17)20(22,23)24/h1-11H,25H2. The Labute approximate surface area is 151 Å². The summed E-state index contributed by atoms with van der Waals surface area (Å²) in [7, 11) is 0. The molecule has 0 aliphatic heterocycles. The molecule has 0 amide bonds. The van der Waals surface area contributed by atoms with Crippen LogP contribution in [0, 0.1) is 5.82 Å². The van der Waals surface area contributed by atoms with Crippen LogP contribution >= 0.6 is 0 Å². The van der Waals surface area contributed by atoms with E-state index in [1.807, 2.05) is 0 Å². The number of rotatable bonds is 2. The SMILES string of the molecule is Nc1ccc(-c2ccc3c(cnn3-c3ccc(F)cc3)c2)c(C(F)(F)F)c1. The molecule has 0 atom stereocenters. The first-order chi connectivity index (χ1) is 12.8. The third kappa shape index (κ3) is 3.12. The lowest BCUT2D eigenvalue weighted by molar-refractivity contribution is -0.137. The van der Waals surface area contributed by atoms with Gasteiger partial charge in [0.15, 0.2) is 0 Å². The minimum Gasteiger partial charge on any atom is -0.399 e. The molecule has 3 nitrogen and oxygen atoms in total. The summed E-state index contributed by atoms with van der Waals surface area (Å²) in [5.74, 6) is -0.361. The second-order valence-electron chi connectivity index (χ2n) is 6.11. The number of anilines is 1. The first-order valence-corrected chi connectivity index (χ1v) is 8.04. The van der Waals surface area contributed by atoms with Crippen LogP contribution in [0.5, 0.6) is 0 Å². The molecule has 0 aliphatic carbocycles. The predicted molar refractivity (Wildman–Crippen MR) is 95.9 cm³/mol. The highest BCUT2D eigenvalue weighted by Crippen LogP contribution is 2.39. The smallest absolute Gasteiger partial charge is 0.399 e. The van der Waals surface area contributed by atoms with Gasteiger partial charge in [-0.15, -0.1) is 0 Å². The van der Waals surface area contributed by atoms with E-state index in [-0.39, 0.29) is 17.1 Å². The van der Waals surface area contributed by atoms with Crippen LogP contribution in [0.4, 0.5) is 23.2 Å². The van der Waals surface area contributed by atoms with Gasteiger partial charge in [-0.1, -0.05) is 12.1 Å². The second kappa shape index (κ2) is 6.12. The predicted octanol–water partition coefficient (Wildman–Crippen LogP) is 5.43. The van der Waals surface area contributed by atoms with Crippen molar-refractivity contribution in [2.45, 2.75) is 6.18 Å². The molecule has 4 rings (SSSR count). The van der Waals surface area contributed by atoms with Crippen molar-refractivity contribution in [3.05, 3.63) is 78.2 Å².